The molecular weight excluding hydrogens is 374 g/mol. The number of hydrogen-bond acceptors (Lipinski definition) is 5. The van der Waals surface area contributed by atoms with E-state index in [9.17, 15) is 4.79 Å². The van der Waals surface area contributed by atoms with Gasteiger partial charge in [-0.1, -0.05) is 6.07 Å². The minimum absolute atomic E-state index is 0.364. The van der Waals surface area contributed by atoms with Crippen molar-refractivity contribution in [2.45, 2.75) is 39.3 Å². The zero-order chi connectivity index (χ0) is 17.1. The van der Waals surface area contributed by atoms with Crippen LogP contribution in [0.3, 0.4) is 0 Å². The van der Waals surface area contributed by atoms with E-state index in [1.54, 1.807) is 13.8 Å². The van der Waals surface area contributed by atoms with Gasteiger partial charge in [0.2, 0.25) is 5.79 Å². The molecule has 0 N–H and O–H groups in total. The Balaban J connectivity index is 1.70. The highest BCUT2D eigenvalue weighted by Crippen LogP contribution is 2.39. The maximum Gasteiger partial charge on any atom is 0.345 e. The Bertz CT molecular complexity index is 820. The van der Waals surface area contributed by atoms with E-state index in [2.05, 4.69) is 33.0 Å². The Morgan fingerprint density at radius 1 is 1.29 bits per heavy atom. The minimum Gasteiger partial charge on any atom is -0.451 e. The molecule has 0 saturated carbocycles. The molecule has 1 aromatic carbocycles. The molecular formula is C17H18BrN3O3. The molecule has 6 nitrogen and oxygen atoms in total. The molecule has 0 amide bonds. The summed E-state index contributed by atoms with van der Waals surface area (Å²) in [5.74, 6) is -0.798. The van der Waals surface area contributed by atoms with Crippen molar-refractivity contribution >= 4 is 21.9 Å². The summed E-state index contributed by atoms with van der Waals surface area (Å²) in [4.78, 5) is 14.7. The van der Waals surface area contributed by atoms with Crippen molar-refractivity contribution in [1.82, 2.24) is 14.7 Å². The molecule has 0 atom stereocenters. The van der Waals surface area contributed by atoms with Crippen molar-refractivity contribution in [2.75, 3.05) is 7.05 Å². The van der Waals surface area contributed by atoms with Gasteiger partial charge in [0, 0.05) is 38.7 Å². The van der Waals surface area contributed by atoms with Gasteiger partial charge in [0.1, 0.15) is 5.56 Å². The van der Waals surface area contributed by atoms with Gasteiger partial charge in [-0.05, 0) is 34.6 Å². The smallest absolute Gasteiger partial charge is 0.345 e. The summed E-state index contributed by atoms with van der Waals surface area (Å²) < 4.78 is 13.9. The molecule has 2 aliphatic heterocycles. The van der Waals surface area contributed by atoms with Crippen LogP contribution in [-0.2, 0) is 24.4 Å². The molecule has 4 rings (SSSR count). The van der Waals surface area contributed by atoms with Crippen molar-refractivity contribution < 1.29 is 14.3 Å². The first-order chi connectivity index (χ1) is 11.3. The lowest BCUT2D eigenvalue weighted by atomic mass is 10.0. The predicted molar refractivity (Wildman–Crippen MR) is 90.8 cm³/mol. The molecule has 0 fully saturated rings. The van der Waals surface area contributed by atoms with Crippen molar-refractivity contribution in [3.8, 4) is 5.75 Å². The second-order valence-electron chi connectivity index (χ2n) is 6.77. The number of carbonyl (C=O) groups excluding carboxylic acids is 1. The van der Waals surface area contributed by atoms with Crippen molar-refractivity contribution in [1.29, 1.82) is 0 Å². The molecule has 1 aromatic heterocycles. The van der Waals surface area contributed by atoms with Gasteiger partial charge in [-0.15, -0.1) is 0 Å². The van der Waals surface area contributed by atoms with Crippen LogP contribution in [0, 0.1) is 0 Å². The Morgan fingerprint density at radius 2 is 2.08 bits per heavy atom. The Labute approximate surface area is 148 Å². The van der Waals surface area contributed by atoms with Gasteiger partial charge in [0.05, 0.1) is 16.7 Å². The first kappa shape index (κ1) is 15.7. The van der Waals surface area contributed by atoms with Crippen LogP contribution in [-0.4, -0.2) is 33.5 Å². The molecule has 3 heterocycles. The van der Waals surface area contributed by atoms with E-state index in [-0.39, 0.29) is 5.97 Å². The maximum absolute atomic E-state index is 12.5. The standard InChI is InChI=1S/C17H18BrN3O3/c1-17(2)23-15-12(18)5-4-10(14(15)16(22)24-17)7-21-8-11-6-20(3)9-13(11)19-21/h4-5,8H,6-7,9H2,1-3H3. The minimum atomic E-state index is -0.970. The largest absolute Gasteiger partial charge is 0.451 e. The second-order valence-corrected chi connectivity index (χ2v) is 7.63. The number of aromatic nitrogens is 2. The van der Waals surface area contributed by atoms with Gasteiger partial charge in [-0.3, -0.25) is 9.58 Å². The molecule has 2 aromatic rings. The van der Waals surface area contributed by atoms with E-state index >= 15 is 0 Å². The summed E-state index contributed by atoms with van der Waals surface area (Å²) in [5.41, 5.74) is 3.64. The number of carbonyl (C=O) groups is 1. The zero-order valence-electron chi connectivity index (χ0n) is 13.8. The highest BCUT2D eigenvalue weighted by molar-refractivity contribution is 9.10. The highest BCUT2D eigenvalue weighted by Gasteiger charge is 2.37. The molecule has 0 bridgehead atoms. The van der Waals surface area contributed by atoms with Crippen LogP contribution in [0.1, 0.15) is 41.0 Å². The van der Waals surface area contributed by atoms with E-state index in [0.29, 0.717) is 17.9 Å². The summed E-state index contributed by atoms with van der Waals surface area (Å²) in [6, 6.07) is 3.80. The number of fused-ring (bicyclic) bond motifs is 2. The Morgan fingerprint density at radius 3 is 2.83 bits per heavy atom. The lowest BCUT2D eigenvalue weighted by Gasteiger charge is -2.33. The van der Waals surface area contributed by atoms with E-state index in [1.165, 1.54) is 5.56 Å². The number of nitrogens with zero attached hydrogens (tertiary/aromatic N) is 3. The fourth-order valence-corrected chi connectivity index (χ4v) is 3.63. The van der Waals surface area contributed by atoms with Gasteiger partial charge >= 0.3 is 5.97 Å². The average molecular weight is 392 g/mol. The topological polar surface area (TPSA) is 56.6 Å². The van der Waals surface area contributed by atoms with Crippen LogP contribution >= 0.6 is 15.9 Å². The third-order valence-electron chi connectivity index (χ3n) is 4.20. The monoisotopic (exact) mass is 391 g/mol. The van der Waals surface area contributed by atoms with Crippen molar-refractivity contribution in [2.24, 2.45) is 0 Å². The second kappa shape index (κ2) is 5.32. The number of rotatable bonds is 2. The van der Waals surface area contributed by atoms with Crippen LogP contribution in [0.4, 0.5) is 0 Å². The zero-order valence-corrected chi connectivity index (χ0v) is 15.4. The van der Waals surface area contributed by atoms with Crippen molar-refractivity contribution in [3.05, 3.63) is 45.2 Å². The fraction of sp³-hybridized carbons (Fsp3) is 0.412. The third kappa shape index (κ3) is 2.61. The lowest BCUT2D eigenvalue weighted by molar-refractivity contribution is -0.127. The van der Waals surface area contributed by atoms with E-state index in [0.717, 1.165) is 28.8 Å². The number of benzene rings is 1. The number of cyclic esters (lactones) is 1. The highest BCUT2D eigenvalue weighted by atomic mass is 79.9. The molecule has 0 aliphatic carbocycles. The predicted octanol–water partition coefficient (Wildman–Crippen LogP) is 2.92. The molecule has 7 heteroatoms. The van der Waals surface area contributed by atoms with Crippen LogP contribution < -0.4 is 4.74 Å². The normalized spacial score (nSPS) is 18.8. The maximum atomic E-state index is 12.5. The third-order valence-corrected chi connectivity index (χ3v) is 4.83. The summed E-state index contributed by atoms with van der Waals surface area (Å²) >= 11 is 3.46. The van der Waals surface area contributed by atoms with Gasteiger partial charge in [0.25, 0.3) is 0 Å². The molecule has 0 saturated heterocycles. The number of halogens is 1. The Hall–Kier alpha value is -1.86. The van der Waals surface area contributed by atoms with Gasteiger partial charge in [0.15, 0.2) is 5.75 Å². The van der Waals surface area contributed by atoms with Gasteiger partial charge < -0.3 is 9.47 Å². The first-order valence-corrected chi connectivity index (χ1v) is 8.59. The lowest BCUT2D eigenvalue weighted by Crippen LogP contribution is -2.39. The van der Waals surface area contributed by atoms with E-state index < -0.39 is 5.79 Å². The van der Waals surface area contributed by atoms with Gasteiger partial charge in [-0.25, -0.2) is 4.79 Å². The molecule has 0 radical (unpaired) electrons. The van der Waals surface area contributed by atoms with Crippen LogP contribution in [0.5, 0.6) is 5.75 Å². The molecule has 24 heavy (non-hydrogen) atoms. The fourth-order valence-electron chi connectivity index (χ4n) is 3.22. The summed E-state index contributed by atoms with van der Waals surface area (Å²) in [6.07, 6.45) is 2.05. The number of esters is 1. The number of hydrogen-bond donors (Lipinski definition) is 0. The molecule has 2 aliphatic rings. The summed E-state index contributed by atoms with van der Waals surface area (Å²) in [6.45, 7) is 5.72. The van der Waals surface area contributed by atoms with E-state index in [4.69, 9.17) is 9.47 Å². The Kier molecular flexibility index (Phi) is 3.47. The SMILES string of the molecule is CN1Cc2cn(Cc3ccc(Br)c4c3C(=O)OC(C)(C)O4)nc2C1. The van der Waals surface area contributed by atoms with E-state index in [1.807, 2.05) is 23.0 Å². The van der Waals surface area contributed by atoms with Crippen LogP contribution in [0.25, 0.3) is 0 Å². The molecule has 126 valence electrons. The molecule has 0 spiro atoms. The molecule has 0 unspecified atom stereocenters. The average Bonchev–Trinajstić information content (AvgIpc) is 2.97. The van der Waals surface area contributed by atoms with Crippen LogP contribution in [0.15, 0.2) is 22.8 Å². The number of ether oxygens (including phenoxy) is 2. The van der Waals surface area contributed by atoms with Gasteiger partial charge in [-0.2, -0.15) is 5.10 Å². The first-order valence-electron chi connectivity index (χ1n) is 7.80. The summed E-state index contributed by atoms with van der Waals surface area (Å²) in [5, 5.41) is 4.63. The van der Waals surface area contributed by atoms with Crippen molar-refractivity contribution in [3.63, 3.8) is 0 Å². The van der Waals surface area contributed by atoms with Crippen LogP contribution in [0.2, 0.25) is 0 Å². The quantitative estimate of drug-likeness (QED) is 0.736. The summed E-state index contributed by atoms with van der Waals surface area (Å²) in [7, 11) is 2.08.